The summed E-state index contributed by atoms with van der Waals surface area (Å²) in [5.74, 6) is 4.15. The Morgan fingerprint density at radius 2 is 2.07 bits per heavy atom. The van der Waals surface area contributed by atoms with E-state index in [1.54, 1.807) is 13.4 Å². The van der Waals surface area contributed by atoms with Gasteiger partial charge in [-0.2, -0.15) is 5.10 Å². The summed E-state index contributed by atoms with van der Waals surface area (Å²) in [6.07, 6.45) is 3.29. The van der Waals surface area contributed by atoms with E-state index in [0.717, 1.165) is 37.0 Å². The predicted molar refractivity (Wildman–Crippen MR) is 118 cm³/mol. The van der Waals surface area contributed by atoms with Crippen LogP contribution in [0, 0.1) is 0 Å². The summed E-state index contributed by atoms with van der Waals surface area (Å²) in [5.41, 5.74) is 1.29. The minimum atomic E-state index is 0.428. The van der Waals surface area contributed by atoms with Crippen molar-refractivity contribution < 1.29 is 9.15 Å². The molecule has 0 aliphatic rings. The first-order valence-corrected chi connectivity index (χ1v) is 10.3. The van der Waals surface area contributed by atoms with E-state index in [-0.39, 0.29) is 0 Å². The molecule has 0 radical (unpaired) electrons. The van der Waals surface area contributed by atoms with E-state index in [2.05, 4.69) is 51.8 Å². The van der Waals surface area contributed by atoms with Crippen molar-refractivity contribution in [2.45, 2.75) is 32.6 Å². The van der Waals surface area contributed by atoms with Gasteiger partial charge in [0.25, 0.3) is 0 Å². The molecule has 0 fully saturated rings. The van der Waals surface area contributed by atoms with Gasteiger partial charge < -0.3 is 19.8 Å². The monoisotopic (exact) mass is 410 g/mol. The fourth-order valence-electron chi connectivity index (χ4n) is 3.03. The molecule has 2 heterocycles. The third kappa shape index (κ3) is 6.10. The van der Waals surface area contributed by atoms with Gasteiger partial charge in [0, 0.05) is 26.1 Å². The third-order valence-electron chi connectivity index (χ3n) is 4.79. The number of ether oxygens (including phenoxy) is 1. The number of guanidine groups is 1. The molecule has 0 saturated heterocycles. The van der Waals surface area contributed by atoms with Gasteiger partial charge in [-0.15, -0.1) is 0 Å². The molecule has 1 unspecified atom stereocenters. The molecular formula is C22H30N6O2. The molecule has 0 aliphatic heterocycles. The van der Waals surface area contributed by atoms with E-state index < -0.39 is 0 Å². The Balaban J connectivity index is 1.45. The van der Waals surface area contributed by atoms with Gasteiger partial charge in [-0.3, -0.25) is 10.1 Å². The number of rotatable bonds is 10. The summed E-state index contributed by atoms with van der Waals surface area (Å²) in [5, 5.41) is 13.8. The van der Waals surface area contributed by atoms with Crippen molar-refractivity contribution in [2.24, 2.45) is 4.99 Å². The SMILES string of the molecule is CCNC(=NCCC(C)c1ccc(OC)cc1)NCCc1nc(-c2ccco2)n[nH]1. The number of benzene rings is 1. The van der Waals surface area contributed by atoms with Crippen molar-refractivity contribution in [3.63, 3.8) is 0 Å². The molecule has 0 aliphatic carbocycles. The first kappa shape index (κ1) is 21.4. The number of furan rings is 1. The summed E-state index contributed by atoms with van der Waals surface area (Å²) in [7, 11) is 1.68. The van der Waals surface area contributed by atoms with Crippen LogP contribution in [0.25, 0.3) is 11.6 Å². The standard InChI is InChI=1S/C22H30N6O2/c1-4-23-22(24-13-11-16(2)17-7-9-18(29-3)10-8-17)25-14-12-20-26-21(28-27-20)19-6-5-15-30-19/h5-10,15-16H,4,11-14H2,1-3H3,(H2,23,24,25)(H,26,27,28). The maximum atomic E-state index is 5.32. The fraction of sp³-hybridized carbons (Fsp3) is 0.409. The topological polar surface area (TPSA) is 100 Å². The highest BCUT2D eigenvalue weighted by atomic mass is 16.5. The Hall–Kier alpha value is -3.29. The third-order valence-corrected chi connectivity index (χ3v) is 4.79. The summed E-state index contributed by atoms with van der Waals surface area (Å²) in [6.45, 7) is 6.53. The zero-order valence-electron chi connectivity index (χ0n) is 17.8. The Bertz CT molecular complexity index is 902. The van der Waals surface area contributed by atoms with Crippen molar-refractivity contribution in [1.82, 2.24) is 25.8 Å². The van der Waals surface area contributed by atoms with Crippen molar-refractivity contribution in [2.75, 3.05) is 26.7 Å². The number of aliphatic imine (C=N–C) groups is 1. The summed E-state index contributed by atoms with van der Waals surface area (Å²) in [4.78, 5) is 9.16. The maximum Gasteiger partial charge on any atom is 0.216 e. The second-order valence-electron chi connectivity index (χ2n) is 6.98. The van der Waals surface area contributed by atoms with Crippen LogP contribution in [0.15, 0.2) is 52.1 Å². The molecule has 1 atom stereocenters. The molecule has 0 bridgehead atoms. The van der Waals surface area contributed by atoms with Crippen LogP contribution in [0.5, 0.6) is 5.75 Å². The Labute approximate surface area is 177 Å². The van der Waals surface area contributed by atoms with E-state index in [0.29, 0.717) is 30.5 Å². The molecule has 3 N–H and O–H groups in total. The smallest absolute Gasteiger partial charge is 0.216 e. The van der Waals surface area contributed by atoms with Crippen molar-refractivity contribution >= 4 is 5.96 Å². The number of hydrogen-bond donors (Lipinski definition) is 3. The molecule has 0 spiro atoms. The first-order chi connectivity index (χ1) is 14.7. The summed E-state index contributed by atoms with van der Waals surface area (Å²) >= 11 is 0. The van der Waals surface area contributed by atoms with Crippen LogP contribution < -0.4 is 15.4 Å². The molecule has 0 saturated carbocycles. The highest BCUT2D eigenvalue weighted by molar-refractivity contribution is 5.79. The van der Waals surface area contributed by atoms with E-state index in [1.807, 2.05) is 24.3 Å². The lowest BCUT2D eigenvalue weighted by Crippen LogP contribution is -2.38. The zero-order valence-corrected chi connectivity index (χ0v) is 17.8. The number of H-pyrrole nitrogens is 1. The van der Waals surface area contributed by atoms with Crippen molar-refractivity contribution in [3.8, 4) is 17.3 Å². The molecule has 3 rings (SSSR count). The molecule has 8 heteroatoms. The highest BCUT2D eigenvalue weighted by Gasteiger charge is 2.09. The van der Waals surface area contributed by atoms with Crippen LogP contribution in [0.2, 0.25) is 0 Å². The van der Waals surface area contributed by atoms with Crippen LogP contribution >= 0.6 is 0 Å². The normalized spacial score (nSPS) is 12.6. The molecular weight excluding hydrogens is 380 g/mol. The van der Waals surface area contributed by atoms with E-state index >= 15 is 0 Å². The molecule has 2 aromatic heterocycles. The quantitative estimate of drug-likeness (QED) is 0.350. The molecule has 0 amide bonds. The van der Waals surface area contributed by atoms with Crippen LogP contribution in [0.4, 0.5) is 0 Å². The number of aromatic nitrogens is 3. The lowest BCUT2D eigenvalue weighted by Gasteiger charge is -2.13. The lowest BCUT2D eigenvalue weighted by molar-refractivity contribution is 0.414. The molecule has 30 heavy (non-hydrogen) atoms. The number of aromatic amines is 1. The molecule has 1 aromatic carbocycles. The van der Waals surface area contributed by atoms with Crippen LogP contribution in [0.1, 0.15) is 37.6 Å². The second-order valence-corrected chi connectivity index (χ2v) is 6.98. The first-order valence-electron chi connectivity index (χ1n) is 10.3. The Kier molecular flexibility index (Phi) is 7.88. The summed E-state index contributed by atoms with van der Waals surface area (Å²) < 4.78 is 10.5. The minimum absolute atomic E-state index is 0.428. The van der Waals surface area contributed by atoms with E-state index in [1.165, 1.54) is 5.56 Å². The maximum absolute atomic E-state index is 5.32. The van der Waals surface area contributed by atoms with Crippen molar-refractivity contribution in [3.05, 3.63) is 54.0 Å². The lowest BCUT2D eigenvalue weighted by atomic mass is 9.98. The number of nitrogens with one attached hydrogen (secondary N) is 3. The minimum Gasteiger partial charge on any atom is -0.497 e. The number of methoxy groups -OCH3 is 1. The van der Waals surface area contributed by atoms with Crippen LogP contribution in [0.3, 0.4) is 0 Å². The highest BCUT2D eigenvalue weighted by Crippen LogP contribution is 2.21. The fourth-order valence-corrected chi connectivity index (χ4v) is 3.03. The zero-order chi connectivity index (χ0) is 21.2. The molecule has 3 aromatic rings. The average Bonchev–Trinajstić information content (AvgIpc) is 3.46. The van der Waals surface area contributed by atoms with Crippen LogP contribution in [-0.4, -0.2) is 47.9 Å². The largest absolute Gasteiger partial charge is 0.497 e. The van der Waals surface area contributed by atoms with Gasteiger partial charge in [-0.05, 0) is 49.1 Å². The van der Waals surface area contributed by atoms with E-state index in [4.69, 9.17) is 14.1 Å². The van der Waals surface area contributed by atoms with Gasteiger partial charge in [0.15, 0.2) is 11.7 Å². The molecule has 8 nitrogen and oxygen atoms in total. The predicted octanol–water partition coefficient (Wildman–Crippen LogP) is 3.36. The van der Waals surface area contributed by atoms with Gasteiger partial charge in [0.05, 0.1) is 13.4 Å². The Morgan fingerprint density at radius 1 is 1.23 bits per heavy atom. The van der Waals surface area contributed by atoms with Gasteiger partial charge in [-0.1, -0.05) is 19.1 Å². The second kappa shape index (κ2) is 11.0. The average molecular weight is 411 g/mol. The number of hydrogen-bond acceptors (Lipinski definition) is 5. The van der Waals surface area contributed by atoms with Gasteiger partial charge in [0.1, 0.15) is 11.6 Å². The van der Waals surface area contributed by atoms with Gasteiger partial charge >= 0.3 is 0 Å². The molecule has 160 valence electrons. The van der Waals surface area contributed by atoms with Gasteiger partial charge in [0.2, 0.25) is 5.82 Å². The van der Waals surface area contributed by atoms with Crippen LogP contribution in [-0.2, 0) is 6.42 Å². The van der Waals surface area contributed by atoms with Crippen molar-refractivity contribution in [1.29, 1.82) is 0 Å². The van der Waals surface area contributed by atoms with Gasteiger partial charge in [-0.25, -0.2) is 4.98 Å². The summed E-state index contributed by atoms with van der Waals surface area (Å²) in [6, 6.07) is 11.9. The number of nitrogens with zero attached hydrogens (tertiary/aromatic N) is 3. The Morgan fingerprint density at radius 3 is 2.77 bits per heavy atom. The van der Waals surface area contributed by atoms with E-state index in [9.17, 15) is 0 Å².